The van der Waals surface area contributed by atoms with E-state index in [0.717, 1.165) is 12.1 Å². The van der Waals surface area contributed by atoms with Crippen molar-refractivity contribution >= 4 is 25.8 Å². The minimum Gasteiger partial charge on any atom is -0.392 e. The van der Waals surface area contributed by atoms with Crippen molar-refractivity contribution < 1.29 is 26.7 Å². The molecule has 1 aromatic carbocycles. The van der Waals surface area contributed by atoms with Gasteiger partial charge in [-0.1, -0.05) is 6.07 Å². The first-order valence-electron chi connectivity index (χ1n) is 3.91. The molecule has 0 bridgehead atoms. The summed E-state index contributed by atoms with van der Waals surface area (Å²) in [7, 11) is -5.40. The molecule has 0 radical (unpaired) electrons. The minimum atomic E-state index is -5.40. The fraction of sp³-hybridized carbons (Fsp3) is 0.250. The standard InChI is InChI=1S/C8H6BrF3O3S/c9-6-2-1-5(4-13)3-7(6)16(14,15)8(10,11)12/h1-3,13H,4H2. The van der Waals surface area contributed by atoms with Gasteiger partial charge in [0.15, 0.2) is 0 Å². The first-order valence-corrected chi connectivity index (χ1v) is 6.18. The maximum absolute atomic E-state index is 12.3. The highest BCUT2D eigenvalue weighted by Crippen LogP contribution is 2.34. The lowest BCUT2D eigenvalue weighted by molar-refractivity contribution is -0.0436. The summed E-state index contributed by atoms with van der Waals surface area (Å²) in [6.45, 7) is -0.534. The van der Waals surface area contributed by atoms with E-state index in [1.807, 2.05) is 0 Å². The second-order valence-corrected chi connectivity index (χ2v) is 5.64. The van der Waals surface area contributed by atoms with Crippen LogP contribution in [0.25, 0.3) is 0 Å². The lowest BCUT2D eigenvalue weighted by atomic mass is 10.2. The Bertz CT molecular complexity index is 496. The first-order chi connectivity index (χ1) is 7.20. The van der Waals surface area contributed by atoms with E-state index < -0.39 is 26.8 Å². The van der Waals surface area contributed by atoms with Gasteiger partial charge < -0.3 is 5.11 Å². The molecule has 3 nitrogen and oxygen atoms in total. The molecule has 0 heterocycles. The summed E-state index contributed by atoms with van der Waals surface area (Å²) in [6, 6.07) is 3.25. The highest BCUT2D eigenvalue weighted by Gasteiger charge is 2.47. The quantitative estimate of drug-likeness (QED) is 0.909. The van der Waals surface area contributed by atoms with Crippen molar-refractivity contribution in [1.29, 1.82) is 0 Å². The summed E-state index contributed by atoms with van der Waals surface area (Å²) in [6.07, 6.45) is 0. The minimum absolute atomic E-state index is 0.0889. The second-order valence-electron chi connectivity index (χ2n) is 2.87. The van der Waals surface area contributed by atoms with Crippen LogP contribution in [-0.4, -0.2) is 19.0 Å². The molecule has 0 aliphatic rings. The van der Waals surface area contributed by atoms with Gasteiger partial charge in [0.1, 0.15) is 0 Å². The van der Waals surface area contributed by atoms with E-state index >= 15 is 0 Å². The molecule has 0 aromatic heterocycles. The van der Waals surface area contributed by atoms with Crippen molar-refractivity contribution in [1.82, 2.24) is 0 Å². The summed E-state index contributed by atoms with van der Waals surface area (Å²) in [5.74, 6) is 0. The maximum atomic E-state index is 12.3. The number of benzene rings is 1. The van der Waals surface area contributed by atoms with Gasteiger partial charge in [-0.25, -0.2) is 8.42 Å². The van der Waals surface area contributed by atoms with Crippen LogP contribution >= 0.6 is 15.9 Å². The average Bonchev–Trinajstić information content (AvgIpc) is 2.16. The van der Waals surface area contributed by atoms with E-state index in [4.69, 9.17) is 5.11 Å². The zero-order chi connectivity index (χ0) is 12.6. The van der Waals surface area contributed by atoms with Crippen molar-refractivity contribution in [3.05, 3.63) is 28.2 Å². The van der Waals surface area contributed by atoms with Gasteiger partial charge in [-0.15, -0.1) is 0 Å². The van der Waals surface area contributed by atoms with Crippen molar-refractivity contribution in [2.24, 2.45) is 0 Å². The van der Waals surface area contributed by atoms with Crippen LogP contribution in [0.5, 0.6) is 0 Å². The second kappa shape index (κ2) is 4.34. The highest BCUT2D eigenvalue weighted by molar-refractivity contribution is 9.10. The average molecular weight is 319 g/mol. The molecule has 0 unspecified atom stereocenters. The molecule has 1 N–H and O–H groups in total. The molecule has 0 aliphatic heterocycles. The van der Waals surface area contributed by atoms with E-state index in [1.165, 1.54) is 6.07 Å². The van der Waals surface area contributed by atoms with E-state index in [0.29, 0.717) is 0 Å². The van der Waals surface area contributed by atoms with Crippen LogP contribution < -0.4 is 0 Å². The third kappa shape index (κ3) is 2.38. The predicted octanol–water partition coefficient (Wildman–Crippen LogP) is 2.23. The molecule has 16 heavy (non-hydrogen) atoms. The highest BCUT2D eigenvalue weighted by atomic mass is 79.9. The largest absolute Gasteiger partial charge is 0.501 e. The topological polar surface area (TPSA) is 54.4 Å². The maximum Gasteiger partial charge on any atom is 0.501 e. The Kier molecular flexibility index (Phi) is 3.65. The summed E-state index contributed by atoms with van der Waals surface area (Å²) >= 11 is 2.73. The van der Waals surface area contributed by atoms with Crippen LogP contribution in [0.4, 0.5) is 13.2 Å². The molecular formula is C8H6BrF3O3S. The van der Waals surface area contributed by atoms with Crippen molar-refractivity contribution in [3.8, 4) is 0 Å². The molecule has 0 fully saturated rings. The van der Waals surface area contributed by atoms with Gasteiger partial charge in [0.2, 0.25) is 0 Å². The van der Waals surface area contributed by atoms with E-state index in [2.05, 4.69) is 15.9 Å². The zero-order valence-electron chi connectivity index (χ0n) is 7.62. The third-order valence-electron chi connectivity index (χ3n) is 1.77. The van der Waals surface area contributed by atoms with Gasteiger partial charge in [-0.3, -0.25) is 0 Å². The van der Waals surface area contributed by atoms with Crippen LogP contribution in [0.1, 0.15) is 5.56 Å². The van der Waals surface area contributed by atoms with Gasteiger partial charge in [0.05, 0.1) is 11.5 Å². The lowest BCUT2D eigenvalue weighted by Crippen LogP contribution is -2.23. The van der Waals surface area contributed by atoms with Crippen LogP contribution in [-0.2, 0) is 16.4 Å². The Balaban J connectivity index is 3.44. The van der Waals surface area contributed by atoms with E-state index in [1.54, 1.807) is 0 Å². The molecule has 1 aromatic rings. The van der Waals surface area contributed by atoms with Crippen LogP contribution in [0.3, 0.4) is 0 Å². The van der Waals surface area contributed by atoms with Gasteiger partial charge in [0, 0.05) is 4.47 Å². The molecule has 0 saturated heterocycles. The Hall–Kier alpha value is -0.600. The van der Waals surface area contributed by atoms with Crippen LogP contribution in [0.15, 0.2) is 27.6 Å². The number of halogens is 4. The number of hydrogen-bond donors (Lipinski definition) is 1. The predicted molar refractivity (Wildman–Crippen MR) is 53.3 cm³/mol. The van der Waals surface area contributed by atoms with E-state index in [-0.39, 0.29) is 10.0 Å². The third-order valence-corrected chi connectivity index (χ3v) is 4.25. The normalized spacial score (nSPS) is 12.8. The summed E-state index contributed by atoms with van der Waals surface area (Å²) in [5.41, 5.74) is -5.27. The Labute approximate surface area is 97.9 Å². The molecule has 0 amide bonds. The van der Waals surface area contributed by atoms with Crippen molar-refractivity contribution in [2.75, 3.05) is 0 Å². The van der Waals surface area contributed by atoms with E-state index in [9.17, 15) is 21.6 Å². The molecule has 0 atom stereocenters. The molecule has 90 valence electrons. The SMILES string of the molecule is O=S(=O)(c1cc(CO)ccc1Br)C(F)(F)F. The van der Waals surface area contributed by atoms with Crippen molar-refractivity contribution in [3.63, 3.8) is 0 Å². The summed E-state index contributed by atoms with van der Waals surface area (Å²) in [4.78, 5) is -0.897. The zero-order valence-corrected chi connectivity index (χ0v) is 10.0. The fourth-order valence-corrected chi connectivity index (χ4v) is 2.74. The van der Waals surface area contributed by atoms with Crippen molar-refractivity contribution in [2.45, 2.75) is 17.0 Å². The first kappa shape index (κ1) is 13.5. The number of alkyl halides is 3. The number of aliphatic hydroxyl groups excluding tert-OH is 1. The van der Waals surface area contributed by atoms with Gasteiger partial charge >= 0.3 is 5.51 Å². The summed E-state index contributed by atoms with van der Waals surface area (Å²) in [5, 5.41) is 8.73. The smallest absolute Gasteiger partial charge is 0.392 e. The monoisotopic (exact) mass is 318 g/mol. The van der Waals surface area contributed by atoms with Crippen LogP contribution in [0.2, 0.25) is 0 Å². The molecule has 1 rings (SSSR count). The lowest BCUT2D eigenvalue weighted by Gasteiger charge is -2.10. The number of aliphatic hydroxyl groups is 1. The number of hydrogen-bond acceptors (Lipinski definition) is 3. The Morgan fingerprint density at radius 2 is 1.88 bits per heavy atom. The Morgan fingerprint density at radius 1 is 1.31 bits per heavy atom. The van der Waals surface area contributed by atoms with Gasteiger partial charge in [-0.05, 0) is 33.6 Å². The molecular weight excluding hydrogens is 313 g/mol. The van der Waals surface area contributed by atoms with Gasteiger partial charge in [-0.2, -0.15) is 13.2 Å². The van der Waals surface area contributed by atoms with Crippen LogP contribution in [0, 0.1) is 0 Å². The van der Waals surface area contributed by atoms with Gasteiger partial charge in [0.25, 0.3) is 9.84 Å². The molecule has 0 spiro atoms. The summed E-state index contributed by atoms with van der Waals surface area (Å²) < 4.78 is 58.8. The fourth-order valence-electron chi connectivity index (χ4n) is 0.977. The number of rotatable bonds is 2. The molecule has 0 aliphatic carbocycles. The molecule has 0 saturated carbocycles. The molecule has 8 heteroatoms. The number of sulfone groups is 1. The Morgan fingerprint density at radius 3 is 2.31 bits per heavy atom.